The predicted octanol–water partition coefficient (Wildman–Crippen LogP) is 0.575. The van der Waals surface area contributed by atoms with E-state index in [0.29, 0.717) is 11.0 Å². The molecule has 0 aromatic carbocycles. The summed E-state index contributed by atoms with van der Waals surface area (Å²) in [5.41, 5.74) is 1.55. The van der Waals surface area contributed by atoms with Gasteiger partial charge >= 0.3 is 0 Å². The van der Waals surface area contributed by atoms with Gasteiger partial charge in [0.25, 0.3) is 11.8 Å². The number of rotatable bonds is 0. The van der Waals surface area contributed by atoms with E-state index in [2.05, 4.69) is 15.3 Å². The van der Waals surface area contributed by atoms with Crippen LogP contribution in [-0.2, 0) is 0 Å². The van der Waals surface area contributed by atoms with Crippen molar-refractivity contribution in [2.75, 3.05) is 0 Å². The molecule has 0 aliphatic carbocycles. The first-order valence-electron chi connectivity index (χ1n) is 3.85. The van der Waals surface area contributed by atoms with Gasteiger partial charge in [0.2, 0.25) is 0 Å². The van der Waals surface area contributed by atoms with E-state index >= 15 is 0 Å². The summed E-state index contributed by atoms with van der Waals surface area (Å²) in [6, 6.07) is 0. The molecule has 68 valence electrons. The Morgan fingerprint density at radius 2 is 1.50 bits per heavy atom. The number of amides is 2. The van der Waals surface area contributed by atoms with Crippen molar-refractivity contribution in [2.45, 2.75) is 0 Å². The van der Waals surface area contributed by atoms with E-state index in [1.165, 1.54) is 11.3 Å². The molecule has 1 N–H and O–H groups in total. The molecule has 0 spiro atoms. The Morgan fingerprint density at radius 1 is 1.00 bits per heavy atom. The van der Waals surface area contributed by atoms with Gasteiger partial charge in [0, 0.05) is 10.8 Å². The van der Waals surface area contributed by atoms with E-state index in [-0.39, 0.29) is 11.4 Å². The van der Waals surface area contributed by atoms with E-state index < -0.39 is 11.8 Å². The zero-order valence-electron chi connectivity index (χ0n) is 6.77. The van der Waals surface area contributed by atoms with Gasteiger partial charge in [0.1, 0.15) is 11.0 Å². The Kier molecular flexibility index (Phi) is 1.27. The molecule has 2 amide bonds. The van der Waals surface area contributed by atoms with Crippen molar-refractivity contribution in [3.8, 4) is 0 Å². The molecular weight excluding hydrogens is 202 g/mol. The van der Waals surface area contributed by atoms with Gasteiger partial charge in [-0.2, -0.15) is 0 Å². The summed E-state index contributed by atoms with van der Waals surface area (Å²) in [5.74, 6) is -0.934. The third-order valence-electron chi connectivity index (χ3n) is 1.97. The lowest BCUT2D eigenvalue weighted by Gasteiger charge is -1.92. The fourth-order valence-corrected chi connectivity index (χ4v) is 2.01. The molecule has 1 aliphatic heterocycles. The van der Waals surface area contributed by atoms with Crippen LogP contribution >= 0.6 is 11.3 Å². The molecule has 0 bridgehead atoms. The number of thiophene rings is 1. The van der Waals surface area contributed by atoms with Crippen LogP contribution < -0.4 is 5.32 Å². The highest BCUT2D eigenvalue weighted by Crippen LogP contribution is 2.19. The Morgan fingerprint density at radius 3 is 2.00 bits per heavy atom. The van der Waals surface area contributed by atoms with E-state index in [1.807, 2.05) is 0 Å². The first-order chi connectivity index (χ1) is 6.75. The number of nitrogens with one attached hydrogen (secondary N) is 1. The lowest BCUT2D eigenvalue weighted by Crippen LogP contribution is -2.20. The number of carbonyl (C=O) groups is 2. The summed E-state index contributed by atoms with van der Waals surface area (Å²) in [5, 5.41) is 5.73. The zero-order chi connectivity index (χ0) is 9.71. The highest BCUT2D eigenvalue weighted by atomic mass is 32.1. The average Bonchev–Trinajstić information content (AvgIpc) is 2.70. The van der Waals surface area contributed by atoms with Crippen molar-refractivity contribution >= 4 is 34.2 Å². The molecule has 0 atom stereocenters. The van der Waals surface area contributed by atoms with Gasteiger partial charge in [-0.25, -0.2) is 9.97 Å². The first-order valence-corrected chi connectivity index (χ1v) is 4.79. The maximum atomic E-state index is 11.2. The number of hydrogen-bond donors (Lipinski definition) is 1. The largest absolute Gasteiger partial charge is 0.285 e. The maximum absolute atomic E-state index is 11.2. The third kappa shape index (κ3) is 0.828. The van der Waals surface area contributed by atoms with Crippen molar-refractivity contribution in [3.63, 3.8) is 0 Å². The third-order valence-corrected chi connectivity index (χ3v) is 2.69. The number of aromatic nitrogens is 2. The van der Waals surface area contributed by atoms with Crippen LogP contribution in [0, 0.1) is 0 Å². The van der Waals surface area contributed by atoms with Crippen molar-refractivity contribution in [1.29, 1.82) is 0 Å². The van der Waals surface area contributed by atoms with Crippen LogP contribution in [0.25, 0.3) is 11.0 Å². The van der Waals surface area contributed by atoms with Crippen molar-refractivity contribution < 1.29 is 9.59 Å². The summed E-state index contributed by atoms with van der Waals surface area (Å²) in [4.78, 5) is 30.5. The van der Waals surface area contributed by atoms with Gasteiger partial charge in [0.05, 0.1) is 0 Å². The molecule has 2 aromatic rings. The van der Waals surface area contributed by atoms with Crippen molar-refractivity contribution in [1.82, 2.24) is 15.3 Å². The second-order valence-corrected chi connectivity index (χ2v) is 3.59. The van der Waals surface area contributed by atoms with Crippen LogP contribution in [0.3, 0.4) is 0 Å². The number of fused-ring (bicyclic) bond motifs is 2. The highest BCUT2D eigenvalue weighted by molar-refractivity contribution is 7.09. The number of nitrogens with zero attached hydrogens (tertiary/aromatic N) is 2. The van der Waals surface area contributed by atoms with Gasteiger partial charge in [-0.15, -0.1) is 11.3 Å². The maximum Gasteiger partial charge on any atom is 0.279 e. The van der Waals surface area contributed by atoms with Gasteiger partial charge in [-0.05, 0) is 0 Å². The van der Waals surface area contributed by atoms with Crippen molar-refractivity contribution in [2.24, 2.45) is 0 Å². The molecule has 0 saturated heterocycles. The second-order valence-electron chi connectivity index (χ2n) is 2.85. The summed E-state index contributed by atoms with van der Waals surface area (Å²) in [6.07, 6.45) is 0. The van der Waals surface area contributed by atoms with Crippen LogP contribution in [0.5, 0.6) is 0 Å². The van der Waals surface area contributed by atoms with Crippen LogP contribution in [-0.4, -0.2) is 21.8 Å². The molecule has 0 radical (unpaired) electrons. The summed E-state index contributed by atoms with van der Waals surface area (Å²) >= 11 is 1.44. The molecule has 0 saturated carbocycles. The number of imide groups is 1. The monoisotopic (exact) mass is 205 g/mol. The Balaban J connectivity index is 2.43. The Labute approximate surface area is 81.8 Å². The molecule has 2 aromatic heterocycles. The van der Waals surface area contributed by atoms with Crippen LogP contribution in [0.4, 0.5) is 0 Å². The minimum absolute atomic E-state index is 0.126. The second kappa shape index (κ2) is 2.36. The fourth-order valence-electron chi connectivity index (χ4n) is 1.34. The lowest BCUT2D eigenvalue weighted by atomic mass is 10.3. The summed E-state index contributed by atoms with van der Waals surface area (Å²) < 4.78 is 0. The van der Waals surface area contributed by atoms with E-state index in [0.717, 1.165) is 0 Å². The summed E-state index contributed by atoms with van der Waals surface area (Å²) in [6.45, 7) is 0. The van der Waals surface area contributed by atoms with E-state index in [9.17, 15) is 9.59 Å². The smallest absolute Gasteiger partial charge is 0.279 e. The SMILES string of the molecule is O=C1NC(=O)c2nc3cscc3nc21. The van der Waals surface area contributed by atoms with Gasteiger partial charge in [-0.3, -0.25) is 14.9 Å². The molecule has 6 heteroatoms. The molecule has 1 aliphatic rings. The Bertz CT molecular complexity index is 527. The Hall–Kier alpha value is -1.82. The molecule has 0 unspecified atom stereocenters. The normalized spacial score (nSPS) is 14.6. The average molecular weight is 205 g/mol. The first kappa shape index (κ1) is 7.57. The van der Waals surface area contributed by atoms with Gasteiger partial charge in [-0.1, -0.05) is 0 Å². The van der Waals surface area contributed by atoms with Crippen LogP contribution in [0.2, 0.25) is 0 Å². The van der Waals surface area contributed by atoms with Gasteiger partial charge in [0.15, 0.2) is 11.4 Å². The number of hydrogen-bond acceptors (Lipinski definition) is 5. The topological polar surface area (TPSA) is 72.0 Å². The molecule has 14 heavy (non-hydrogen) atoms. The van der Waals surface area contributed by atoms with Crippen LogP contribution in [0.15, 0.2) is 10.8 Å². The van der Waals surface area contributed by atoms with E-state index in [1.54, 1.807) is 10.8 Å². The highest BCUT2D eigenvalue weighted by Gasteiger charge is 2.30. The minimum Gasteiger partial charge on any atom is -0.285 e. The molecule has 3 rings (SSSR count). The fraction of sp³-hybridized carbons (Fsp3) is 0. The molecule has 5 nitrogen and oxygen atoms in total. The van der Waals surface area contributed by atoms with E-state index in [4.69, 9.17) is 0 Å². The van der Waals surface area contributed by atoms with Gasteiger partial charge < -0.3 is 0 Å². The molecule has 0 fully saturated rings. The molecular formula is C8H3N3O2S. The van der Waals surface area contributed by atoms with Crippen LogP contribution in [0.1, 0.15) is 21.0 Å². The molecule has 3 heterocycles. The zero-order valence-corrected chi connectivity index (χ0v) is 7.59. The van der Waals surface area contributed by atoms with Crippen molar-refractivity contribution in [3.05, 3.63) is 22.1 Å². The predicted molar refractivity (Wildman–Crippen MR) is 49.2 cm³/mol. The standard InChI is InChI=1S/C8H3N3O2S/c12-7-5-6(8(13)11-7)10-4-2-14-1-3(4)9-5/h1-2H,(H,11,12,13). The summed E-state index contributed by atoms with van der Waals surface area (Å²) in [7, 11) is 0. The minimum atomic E-state index is -0.467. The quantitative estimate of drug-likeness (QED) is 0.638. The lowest BCUT2D eigenvalue weighted by molar-refractivity contribution is 0.0877. The number of carbonyl (C=O) groups excluding carboxylic acids is 2.